The lowest BCUT2D eigenvalue weighted by Crippen LogP contribution is -2.45. The minimum absolute atomic E-state index is 0.0629. The fourth-order valence-electron chi connectivity index (χ4n) is 3.94. The summed E-state index contributed by atoms with van der Waals surface area (Å²) in [5.74, 6) is -0.318. The molecule has 3 rings (SSSR count). The van der Waals surface area contributed by atoms with E-state index < -0.39 is 17.6 Å². The zero-order chi connectivity index (χ0) is 22.3. The minimum atomic E-state index is -4.50. The number of alkyl halides is 3. The van der Waals surface area contributed by atoms with E-state index >= 15 is 0 Å². The van der Waals surface area contributed by atoms with Crippen LogP contribution in [0, 0.1) is 6.92 Å². The van der Waals surface area contributed by atoms with Crippen LogP contribution in [0.15, 0.2) is 41.5 Å². The van der Waals surface area contributed by atoms with Crippen molar-refractivity contribution < 1.29 is 18.0 Å². The lowest BCUT2D eigenvalue weighted by atomic mass is 9.79. The molecule has 2 aromatic rings. The number of hydrogen-bond acceptors (Lipinski definition) is 3. The van der Waals surface area contributed by atoms with Gasteiger partial charge in [0.05, 0.1) is 11.8 Å². The molecule has 0 bridgehead atoms. The summed E-state index contributed by atoms with van der Waals surface area (Å²) in [6.45, 7) is 8.61. The van der Waals surface area contributed by atoms with Gasteiger partial charge in [-0.3, -0.25) is 4.79 Å². The second kappa shape index (κ2) is 7.78. The van der Waals surface area contributed by atoms with Crippen molar-refractivity contribution in [2.45, 2.75) is 51.7 Å². The van der Waals surface area contributed by atoms with E-state index in [2.05, 4.69) is 55.4 Å². The molecule has 0 spiro atoms. The van der Waals surface area contributed by atoms with Gasteiger partial charge in [-0.1, -0.05) is 13.0 Å². The van der Waals surface area contributed by atoms with E-state index in [-0.39, 0.29) is 11.1 Å². The van der Waals surface area contributed by atoms with Crippen molar-refractivity contribution in [2.75, 3.05) is 11.9 Å². The van der Waals surface area contributed by atoms with E-state index in [1.54, 1.807) is 0 Å². The van der Waals surface area contributed by atoms with Crippen LogP contribution in [0.2, 0.25) is 0 Å². The van der Waals surface area contributed by atoms with Crippen molar-refractivity contribution in [3.63, 3.8) is 0 Å². The second-order valence-corrected chi connectivity index (χ2v) is 8.52. The Hall–Kier alpha value is -2.83. The Morgan fingerprint density at radius 1 is 1.27 bits per heavy atom. The molecule has 0 saturated carbocycles. The number of carbonyl (C=O) groups is 1. The van der Waals surface area contributed by atoms with E-state index in [4.69, 9.17) is 0 Å². The first kappa shape index (κ1) is 21.9. The van der Waals surface area contributed by atoms with Gasteiger partial charge in [0.1, 0.15) is 0 Å². The number of aryl methyl sites for hydroxylation is 1. The van der Waals surface area contributed by atoms with Crippen LogP contribution in [0.4, 0.5) is 18.9 Å². The number of hydrazone groups is 1. The van der Waals surface area contributed by atoms with Crippen LogP contribution in [0.1, 0.15) is 65.7 Å². The topological polar surface area (TPSA) is 44.7 Å². The summed E-state index contributed by atoms with van der Waals surface area (Å²) in [6.07, 6.45) is -1.95. The molecule has 1 N–H and O–H groups in total. The Morgan fingerprint density at radius 2 is 1.97 bits per heavy atom. The molecule has 30 heavy (non-hydrogen) atoms. The number of benzene rings is 2. The molecule has 2 aromatic carbocycles. The third kappa shape index (κ3) is 4.35. The summed E-state index contributed by atoms with van der Waals surface area (Å²) in [5, 5.41) is 3.97. The van der Waals surface area contributed by atoms with Crippen molar-refractivity contribution in [1.82, 2.24) is 5.43 Å². The smallest absolute Gasteiger partial charge is 0.369 e. The third-order valence-corrected chi connectivity index (χ3v) is 5.84. The highest BCUT2D eigenvalue weighted by molar-refractivity contribution is 5.95. The molecule has 1 aliphatic rings. The van der Waals surface area contributed by atoms with Gasteiger partial charge < -0.3 is 4.90 Å². The first-order valence-corrected chi connectivity index (χ1v) is 9.79. The average molecular weight is 417 g/mol. The minimum Gasteiger partial charge on any atom is -0.369 e. The number of anilines is 1. The third-order valence-electron chi connectivity index (χ3n) is 5.84. The normalized spacial score (nSPS) is 18.4. The van der Waals surface area contributed by atoms with E-state index in [9.17, 15) is 18.0 Å². The molecule has 1 atom stereocenters. The van der Waals surface area contributed by atoms with Gasteiger partial charge in [0.15, 0.2) is 0 Å². The predicted octanol–water partition coefficient (Wildman–Crippen LogP) is 5.50. The summed E-state index contributed by atoms with van der Waals surface area (Å²) in [6, 6.07) is 8.45. The largest absolute Gasteiger partial charge is 0.416 e. The van der Waals surface area contributed by atoms with Gasteiger partial charge in [-0.05, 0) is 80.1 Å². The fourth-order valence-corrected chi connectivity index (χ4v) is 3.94. The monoisotopic (exact) mass is 417 g/mol. The Balaban J connectivity index is 1.79. The van der Waals surface area contributed by atoms with Crippen molar-refractivity contribution in [2.24, 2.45) is 5.10 Å². The Bertz CT molecular complexity index is 996. The fraction of sp³-hybridized carbons (Fsp3) is 0.391. The number of carbonyl (C=O) groups excluding carboxylic acids is 1. The quantitative estimate of drug-likeness (QED) is 0.529. The molecular weight excluding hydrogens is 391 g/mol. The van der Waals surface area contributed by atoms with E-state index in [1.807, 2.05) is 6.92 Å². The number of nitrogens with one attached hydrogen (secondary N) is 1. The molecule has 7 heteroatoms. The first-order chi connectivity index (χ1) is 13.9. The van der Waals surface area contributed by atoms with E-state index in [0.717, 1.165) is 29.7 Å². The maximum atomic E-state index is 12.8. The molecule has 160 valence electrons. The molecule has 1 heterocycles. The summed E-state index contributed by atoms with van der Waals surface area (Å²) in [4.78, 5) is 14.5. The molecule has 1 aliphatic heterocycles. The standard InChI is InChI=1S/C23H26F3N3O/c1-14-9-20-19(15(2)12-22(3,4)29(20)5)11-17(14)13-27-28-21(30)16-7-6-8-18(10-16)23(24,25)26/h6-11,13,15H,12H2,1-5H3,(H,28,30)/b27-13-/t15-/m1/s1. The number of halogens is 3. The Labute approximate surface area is 174 Å². The molecule has 0 fully saturated rings. The van der Waals surface area contributed by atoms with Gasteiger partial charge in [0.25, 0.3) is 5.91 Å². The highest BCUT2D eigenvalue weighted by Crippen LogP contribution is 2.43. The summed E-state index contributed by atoms with van der Waals surface area (Å²) in [5.41, 5.74) is 5.68. The van der Waals surface area contributed by atoms with Crippen molar-refractivity contribution in [1.29, 1.82) is 0 Å². The summed E-state index contributed by atoms with van der Waals surface area (Å²) >= 11 is 0. The molecular formula is C23H26F3N3O. The zero-order valence-electron chi connectivity index (χ0n) is 17.8. The SMILES string of the molecule is Cc1cc2c(cc1/C=N\NC(=O)c1cccc(C(F)(F)F)c1)[C@H](C)CC(C)(C)N2C. The molecule has 0 aromatic heterocycles. The van der Waals surface area contributed by atoms with Gasteiger partial charge in [-0.25, -0.2) is 5.43 Å². The molecule has 1 amide bonds. The number of nitrogens with zero attached hydrogens (tertiary/aromatic N) is 2. The van der Waals surface area contributed by atoms with Crippen LogP contribution < -0.4 is 10.3 Å². The van der Waals surface area contributed by atoms with Crippen LogP contribution >= 0.6 is 0 Å². The van der Waals surface area contributed by atoms with Crippen LogP contribution in [-0.4, -0.2) is 24.7 Å². The molecule has 0 aliphatic carbocycles. The first-order valence-electron chi connectivity index (χ1n) is 9.79. The van der Waals surface area contributed by atoms with Crippen molar-refractivity contribution in [3.05, 3.63) is 64.2 Å². The van der Waals surface area contributed by atoms with Gasteiger partial charge in [-0.15, -0.1) is 0 Å². The number of fused-ring (bicyclic) bond motifs is 1. The van der Waals surface area contributed by atoms with Gasteiger partial charge in [-0.2, -0.15) is 18.3 Å². The highest BCUT2D eigenvalue weighted by atomic mass is 19.4. The highest BCUT2D eigenvalue weighted by Gasteiger charge is 2.34. The summed E-state index contributed by atoms with van der Waals surface area (Å²) in [7, 11) is 2.09. The second-order valence-electron chi connectivity index (χ2n) is 8.52. The lowest BCUT2D eigenvalue weighted by molar-refractivity contribution is -0.137. The number of hydrogen-bond donors (Lipinski definition) is 1. The van der Waals surface area contributed by atoms with Crippen LogP contribution in [0.3, 0.4) is 0 Å². The van der Waals surface area contributed by atoms with Gasteiger partial charge >= 0.3 is 6.18 Å². The number of amides is 1. The number of rotatable bonds is 3. The van der Waals surface area contributed by atoms with Crippen LogP contribution in [-0.2, 0) is 6.18 Å². The van der Waals surface area contributed by atoms with E-state index in [1.165, 1.54) is 29.6 Å². The summed E-state index contributed by atoms with van der Waals surface area (Å²) < 4.78 is 38.5. The molecule has 0 radical (unpaired) electrons. The average Bonchev–Trinajstić information content (AvgIpc) is 2.66. The van der Waals surface area contributed by atoms with Crippen molar-refractivity contribution >= 4 is 17.8 Å². The molecule has 0 unspecified atom stereocenters. The Morgan fingerprint density at radius 3 is 2.63 bits per heavy atom. The predicted molar refractivity (Wildman–Crippen MR) is 113 cm³/mol. The van der Waals surface area contributed by atoms with Crippen LogP contribution in [0.5, 0.6) is 0 Å². The van der Waals surface area contributed by atoms with Crippen LogP contribution in [0.25, 0.3) is 0 Å². The van der Waals surface area contributed by atoms with Gasteiger partial charge in [0.2, 0.25) is 0 Å². The van der Waals surface area contributed by atoms with Crippen molar-refractivity contribution in [3.8, 4) is 0 Å². The van der Waals surface area contributed by atoms with Gasteiger partial charge in [0, 0.05) is 23.8 Å². The Kier molecular flexibility index (Phi) is 5.67. The molecule has 4 nitrogen and oxygen atoms in total. The molecule has 0 saturated heterocycles. The lowest BCUT2D eigenvalue weighted by Gasteiger charge is -2.45. The zero-order valence-corrected chi connectivity index (χ0v) is 17.8. The maximum Gasteiger partial charge on any atom is 0.416 e. The van der Waals surface area contributed by atoms with E-state index in [0.29, 0.717) is 5.92 Å². The maximum absolute atomic E-state index is 12.8.